The maximum Gasteiger partial charge on any atom is 0.339 e. The molecule has 1 aliphatic heterocycles. The average Bonchev–Trinajstić information content (AvgIpc) is 2.86. The van der Waals surface area contributed by atoms with Crippen molar-refractivity contribution in [3.05, 3.63) is 83.6 Å². The number of rotatable bonds is 4. The number of fused-ring (bicyclic) bond motifs is 4. The highest BCUT2D eigenvalue weighted by molar-refractivity contribution is 5.94. The highest BCUT2D eigenvalue weighted by Gasteiger charge is 2.31. The van der Waals surface area contributed by atoms with E-state index in [9.17, 15) is 4.79 Å². The number of nitrogens with zero attached hydrogens (tertiary/aromatic N) is 1. The third kappa shape index (κ3) is 3.21. The predicted octanol–water partition coefficient (Wildman–Crippen LogP) is 5.22. The number of carbonyl (C=O) groups excluding carboxylic acids is 1. The number of ether oxygens (including phenoxy) is 3. The van der Waals surface area contributed by atoms with Crippen LogP contribution in [0.1, 0.15) is 27.5 Å². The van der Waals surface area contributed by atoms with Crippen LogP contribution in [0, 0.1) is 0 Å². The molecular weight excluding hydrogens is 404 g/mol. The highest BCUT2D eigenvalue weighted by Crippen LogP contribution is 2.48. The minimum Gasteiger partial charge on any atom is -0.497 e. The van der Waals surface area contributed by atoms with Gasteiger partial charge < -0.3 is 19.5 Å². The second-order valence-corrected chi connectivity index (χ2v) is 7.59. The van der Waals surface area contributed by atoms with E-state index in [4.69, 9.17) is 14.2 Å². The lowest BCUT2D eigenvalue weighted by Gasteiger charge is -2.31. The number of hydrogen-bond donors (Lipinski definition) is 1. The van der Waals surface area contributed by atoms with Crippen molar-refractivity contribution in [1.29, 1.82) is 0 Å². The van der Waals surface area contributed by atoms with E-state index in [0.717, 1.165) is 27.6 Å². The minimum absolute atomic E-state index is 0.195. The van der Waals surface area contributed by atoms with Gasteiger partial charge in [0.2, 0.25) is 0 Å². The summed E-state index contributed by atoms with van der Waals surface area (Å²) in [7, 11) is 4.62. The van der Waals surface area contributed by atoms with E-state index in [0.29, 0.717) is 22.9 Å². The molecule has 160 valence electrons. The molecule has 6 nitrogen and oxygen atoms in total. The summed E-state index contributed by atoms with van der Waals surface area (Å²) in [6.45, 7) is 0. The van der Waals surface area contributed by atoms with Crippen LogP contribution in [0.25, 0.3) is 21.9 Å². The third-order valence-corrected chi connectivity index (χ3v) is 5.85. The van der Waals surface area contributed by atoms with E-state index < -0.39 is 5.97 Å². The van der Waals surface area contributed by atoms with Crippen LogP contribution in [0.2, 0.25) is 0 Å². The zero-order valence-corrected chi connectivity index (χ0v) is 18.0. The van der Waals surface area contributed by atoms with Crippen molar-refractivity contribution in [2.45, 2.75) is 6.04 Å². The van der Waals surface area contributed by atoms with Gasteiger partial charge in [0.25, 0.3) is 0 Å². The van der Waals surface area contributed by atoms with Crippen molar-refractivity contribution in [3.63, 3.8) is 0 Å². The van der Waals surface area contributed by atoms with Gasteiger partial charge in [-0.2, -0.15) is 0 Å². The van der Waals surface area contributed by atoms with Crippen LogP contribution in [-0.2, 0) is 4.74 Å². The highest BCUT2D eigenvalue weighted by atomic mass is 16.5. The van der Waals surface area contributed by atoms with Crippen molar-refractivity contribution in [1.82, 2.24) is 4.98 Å². The number of aromatic nitrogens is 1. The Morgan fingerprint density at radius 2 is 1.72 bits per heavy atom. The lowest BCUT2D eigenvalue weighted by molar-refractivity contribution is 0.0600. The molecule has 0 amide bonds. The maximum absolute atomic E-state index is 12.1. The predicted molar refractivity (Wildman–Crippen MR) is 124 cm³/mol. The van der Waals surface area contributed by atoms with Gasteiger partial charge in [0.1, 0.15) is 17.3 Å². The van der Waals surface area contributed by atoms with Gasteiger partial charge in [-0.25, -0.2) is 9.78 Å². The number of nitrogens with one attached hydrogen (secondary N) is 1. The first kappa shape index (κ1) is 19.9. The Morgan fingerprint density at radius 1 is 0.906 bits per heavy atom. The molecule has 1 aromatic heterocycles. The van der Waals surface area contributed by atoms with Crippen LogP contribution >= 0.6 is 0 Å². The van der Waals surface area contributed by atoms with Gasteiger partial charge in [-0.15, -0.1) is 0 Å². The summed E-state index contributed by atoms with van der Waals surface area (Å²) in [4.78, 5) is 16.7. The van der Waals surface area contributed by atoms with E-state index >= 15 is 0 Å². The zero-order valence-electron chi connectivity index (χ0n) is 18.0. The molecule has 4 aromatic rings. The second kappa shape index (κ2) is 7.89. The van der Waals surface area contributed by atoms with Gasteiger partial charge in [-0.3, -0.25) is 0 Å². The van der Waals surface area contributed by atoms with Gasteiger partial charge in [-0.1, -0.05) is 36.4 Å². The molecule has 0 saturated heterocycles. The van der Waals surface area contributed by atoms with E-state index in [1.54, 1.807) is 20.3 Å². The Morgan fingerprint density at radius 3 is 2.47 bits per heavy atom. The molecule has 0 aliphatic carbocycles. The Bertz CT molecular complexity index is 1350. The van der Waals surface area contributed by atoms with Gasteiger partial charge in [0, 0.05) is 23.4 Å². The maximum atomic E-state index is 12.1. The van der Waals surface area contributed by atoms with Crippen LogP contribution in [-0.4, -0.2) is 32.3 Å². The largest absolute Gasteiger partial charge is 0.497 e. The Kier molecular flexibility index (Phi) is 4.90. The van der Waals surface area contributed by atoms with E-state index in [2.05, 4.69) is 40.6 Å². The van der Waals surface area contributed by atoms with E-state index in [1.165, 1.54) is 18.7 Å². The first-order valence-corrected chi connectivity index (χ1v) is 10.2. The van der Waals surface area contributed by atoms with Crippen LogP contribution in [0.4, 0.5) is 5.82 Å². The molecule has 1 atom stereocenters. The fourth-order valence-corrected chi connectivity index (χ4v) is 4.27. The summed E-state index contributed by atoms with van der Waals surface area (Å²) in [6, 6.07) is 20.1. The summed E-state index contributed by atoms with van der Waals surface area (Å²) in [5.74, 6) is 1.60. The van der Waals surface area contributed by atoms with Gasteiger partial charge in [0.15, 0.2) is 0 Å². The molecule has 6 heteroatoms. The van der Waals surface area contributed by atoms with E-state index in [-0.39, 0.29) is 6.04 Å². The molecule has 32 heavy (non-hydrogen) atoms. The van der Waals surface area contributed by atoms with Gasteiger partial charge in [-0.05, 0) is 40.1 Å². The second-order valence-electron chi connectivity index (χ2n) is 7.59. The SMILES string of the molecule is COC(=O)c1cnc2c(c1)-c1cc(OC)cc(OC)c1C(c1ccc3ccccc3c1)N2. The Hall–Kier alpha value is -4.06. The molecule has 2 heterocycles. The summed E-state index contributed by atoms with van der Waals surface area (Å²) < 4.78 is 16.2. The Labute approximate surface area is 185 Å². The van der Waals surface area contributed by atoms with Crippen LogP contribution < -0.4 is 14.8 Å². The average molecular weight is 426 g/mol. The standard InChI is InChI=1S/C26H22N2O4/c1-30-19-12-20-21-11-18(26(29)32-3)14-27-25(21)28-24(23(20)22(13-19)31-2)17-9-8-15-6-4-5-7-16(15)10-17/h4-14,24H,1-3H3,(H,27,28). The first-order chi connectivity index (χ1) is 15.6. The van der Waals surface area contributed by atoms with Crippen LogP contribution in [0.15, 0.2) is 66.9 Å². The summed E-state index contributed by atoms with van der Waals surface area (Å²) >= 11 is 0. The van der Waals surface area contributed by atoms with Crippen molar-refractivity contribution in [3.8, 4) is 22.6 Å². The summed E-state index contributed by atoms with van der Waals surface area (Å²) in [5.41, 5.74) is 4.10. The van der Waals surface area contributed by atoms with E-state index in [1.807, 2.05) is 24.3 Å². The van der Waals surface area contributed by atoms with Gasteiger partial charge >= 0.3 is 5.97 Å². The Balaban J connectivity index is 1.74. The molecule has 1 aliphatic rings. The van der Waals surface area contributed by atoms with Crippen molar-refractivity contribution in [2.75, 3.05) is 26.6 Å². The molecular formula is C26H22N2O4. The van der Waals surface area contributed by atoms with Crippen molar-refractivity contribution >= 4 is 22.6 Å². The lowest BCUT2D eigenvalue weighted by atomic mass is 9.86. The quantitative estimate of drug-likeness (QED) is 0.451. The third-order valence-electron chi connectivity index (χ3n) is 5.85. The number of carbonyl (C=O) groups is 1. The molecule has 0 saturated carbocycles. The molecule has 3 aromatic carbocycles. The number of benzene rings is 3. The smallest absolute Gasteiger partial charge is 0.339 e. The topological polar surface area (TPSA) is 69.7 Å². The number of methoxy groups -OCH3 is 3. The molecule has 0 bridgehead atoms. The normalized spacial score (nSPS) is 14.2. The molecule has 0 fully saturated rings. The molecule has 1 unspecified atom stereocenters. The van der Waals surface area contributed by atoms with Crippen LogP contribution in [0.3, 0.4) is 0 Å². The number of pyridine rings is 1. The fourth-order valence-electron chi connectivity index (χ4n) is 4.27. The molecule has 0 radical (unpaired) electrons. The number of esters is 1. The lowest BCUT2D eigenvalue weighted by Crippen LogP contribution is -2.21. The first-order valence-electron chi connectivity index (χ1n) is 10.2. The van der Waals surface area contributed by atoms with Crippen LogP contribution in [0.5, 0.6) is 11.5 Å². The van der Waals surface area contributed by atoms with Gasteiger partial charge in [0.05, 0.1) is 32.9 Å². The van der Waals surface area contributed by atoms with Crippen molar-refractivity contribution in [2.24, 2.45) is 0 Å². The van der Waals surface area contributed by atoms with Crippen molar-refractivity contribution < 1.29 is 19.0 Å². The summed E-state index contributed by atoms with van der Waals surface area (Å²) in [6.07, 6.45) is 1.53. The molecule has 0 spiro atoms. The summed E-state index contributed by atoms with van der Waals surface area (Å²) in [5, 5.41) is 5.88. The number of anilines is 1. The molecule has 5 rings (SSSR count). The minimum atomic E-state index is -0.437. The monoisotopic (exact) mass is 426 g/mol. The fraction of sp³-hybridized carbons (Fsp3) is 0.154. The molecule has 1 N–H and O–H groups in total. The zero-order chi connectivity index (χ0) is 22.2. The number of hydrogen-bond acceptors (Lipinski definition) is 6.